The van der Waals surface area contributed by atoms with Gasteiger partial charge in [-0.3, -0.25) is 4.79 Å². The zero-order valence-corrected chi connectivity index (χ0v) is 11.6. The van der Waals surface area contributed by atoms with Gasteiger partial charge < -0.3 is 10.6 Å². The third-order valence-corrected chi connectivity index (χ3v) is 3.45. The molecule has 3 nitrogen and oxygen atoms in total. The summed E-state index contributed by atoms with van der Waals surface area (Å²) in [7, 11) is 1.60. The maximum atomic E-state index is 13.5. The number of para-hydroxylation sites is 1. The van der Waals surface area contributed by atoms with Crippen molar-refractivity contribution in [2.75, 3.05) is 30.4 Å². The summed E-state index contributed by atoms with van der Waals surface area (Å²) in [5.41, 5.74) is 0.596. The smallest absolute Gasteiger partial charge is 0.253 e. The van der Waals surface area contributed by atoms with Gasteiger partial charge in [0.05, 0.1) is 11.3 Å². The van der Waals surface area contributed by atoms with Crippen molar-refractivity contribution in [1.82, 2.24) is 5.32 Å². The molecule has 0 aliphatic carbocycles. The van der Waals surface area contributed by atoms with E-state index in [2.05, 4.69) is 17.6 Å². The standard InChI is InChI=1S/C13H19FN2OS/c1-3-18-9-5-8-16-13(17)10-6-4-7-11(14)12(10)15-2/h4,6-7,15H,3,5,8-9H2,1-2H3,(H,16,17). The first-order chi connectivity index (χ1) is 8.70. The molecule has 2 N–H and O–H groups in total. The number of nitrogens with one attached hydrogen (secondary N) is 2. The first-order valence-electron chi connectivity index (χ1n) is 6.03. The molecule has 0 aromatic heterocycles. The van der Waals surface area contributed by atoms with E-state index in [1.165, 1.54) is 12.1 Å². The van der Waals surface area contributed by atoms with Gasteiger partial charge in [0.15, 0.2) is 0 Å². The van der Waals surface area contributed by atoms with E-state index in [-0.39, 0.29) is 11.6 Å². The highest BCUT2D eigenvalue weighted by molar-refractivity contribution is 7.99. The Morgan fingerprint density at radius 1 is 1.44 bits per heavy atom. The van der Waals surface area contributed by atoms with Gasteiger partial charge in [0.25, 0.3) is 5.91 Å². The molecule has 1 aromatic rings. The van der Waals surface area contributed by atoms with Crippen molar-refractivity contribution in [3.05, 3.63) is 29.6 Å². The first kappa shape index (κ1) is 14.8. The molecular formula is C13H19FN2OS. The van der Waals surface area contributed by atoms with Crippen LogP contribution in [0.4, 0.5) is 10.1 Å². The van der Waals surface area contributed by atoms with Gasteiger partial charge in [-0.05, 0) is 30.1 Å². The largest absolute Gasteiger partial charge is 0.385 e. The highest BCUT2D eigenvalue weighted by Gasteiger charge is 2.13. The molecule has 0 heterocycles. The molecule has 0 aliphatic rings. The summed E-state index contributed by atoms with van der Waals surface area (Å²) in [6, 6.07) is 4.49. The van der Waals surface area contributed by atoms with Gasteiger partial charge in [0.2, 0.25) is 0 Å². The van der Waals surface area contributed by atoms with Gasteiger partial charge in [0, 0.05) is 13.6 Å². The molecular weight excluding hydrogens is 251 g/mol. The fourth-order valence-corrected chi connectivity index (χ4v) is 2.22. The predicted molar refractivity (Wildman–Crippen MR) is 75.9 cm³/mol. The average molecular weight is 270 g/mol. The number of anilines is 1. The minimum atomic E-state index is -0.410. The predicted octanol–water partition coefficient (Wildman–Crippen LogP) is 2.74. The molecule has 0 fully saturated rings. The fourth-order valence-electron chi connectivity index (χ4n) is 1.58. The van der Waals surface area contributed by atoms with E-state index in [1.807, 2.05) is 11.8 Å². The summed E-state index contributed by atoms with van der Waals surface area (Å²) >= 11 is 1.84. The number of hydrogen-bond acceptors (Lipinski definition) is 3. The van der Waals surface area contributed by atoms with Crippen molar-refractivity contribution in [3.63, 3.8) is 0 Å². The van der Waals surface area contributed by atoms with E-state index in [0.29, 0.717) is 12.1 Å². The lowest BCUT2D eigenvalue weighted by atomic mass is 10.1. The SMILES string of the molecule is CCSCCCNC(=O)c1cccc(F)c1NC. The number of carbonyl (C=O) groups is 1. The molecule has 1 aromatic carbocycles. The number of benzene rings is 1. The van der Waals surface area contributed by atoms with Crippen molar-refractivity contribution < 1.29 is 9.18 Å². The lowest BCUT2D eigenvalue weighted by Gasteiger charge is -2.10. The molecule has 100 valence electrons. The molecule has 0 atom stereocenters. The maximum absolute atomic E-state index is 13.5. The minimum absolute atomic E-state index is 0.236. The van der Waals surface area contributed by atoms with E-state index in [0.717, 1.165) is 17.9 Å². The van der Waals surface area contributed by atoms with E-state index in [1.54, 1.807) is 13.1 Å². The van der Waals surface area contributed by atoms with Crippen LogP contribution in [0.15, 0.2) is 18.2 Å². The minimum Gasteiger partial charge on any atom is -0.385 e. The number of amides is 1. The zero-order valence-electron chi connectivity index (χ0n) is 10.8. The van der Waals surface area contributed by atoms with Gasteiger partial charge in [-0.2, -0.15) is 11.8 Å². The third kappa shape index (κ3) is 4.22. The van der Waals surface area contributed by atoms with Crippen LogP contribution in [0.1, 0.15) is 23.7 Å². The Bertz CT molecular complexity index is 399. The van der Waals surface area contributed by atoms with Gasteiger partial charge in [-0.15, -0.1) is 0 Å². The Kier molecular flexibility index (Phi) is 6.57. The van der Waals surface area contributed by atoms with Crippen LogP contribution in [-0.2, 0) is 0 Å². The van der Waals surface area contributed by atoms with Crippen LogP contribution in [0.25, 0.3) is 0 Å². The summed E-state index contributed by atoms with van der Waals surface area (Å²) in [6.45, 7) is 2.72. The van der Waals surface area contributed by atoms with Gasteiger partial charge in [-0.1, -0.05) is 13.0 Å². The highest BCUT2D eigenvalue weighted by atomic mass is 32.2. The summed E-state index contributed by atoms with van der Waals surface area (Å²) in [4.78, 5) is 11.9. The van der Waals surface area contributed by atoms with Crippen LogP contribution in [0, 0.1) is 5.82 Å². The second-order valence-corrected chi connectivity index (χ2v) is 5.11. The van der Waals surface area contributed by atoms with Crippen molar-refractivity contribution in [1.29, 1.82) is 0 Å². The normalized spacial score (nSPS) is 10.2. The van der Waals surface area contributed by atoms with E-state index in [4.69, 9.17) is 0 Å². The monoisotopic (exact) mass is 270 g/mol. The summed E-state index contributed by atoms with van der Waals surface area (Å²) < 4.78 is 13.5. The Morgan fingerprint density at radius 3 is 2.89 bits per heavy atom. The Balaban J connectivity index is 2.54. The summed E-state index contributed by atoms with van der Waals surface area (Å²) in [5, 5.41) is 5.52. The van der Waals surface area contributed by atoms with E-state index < -0.39 is 5.82 Å². The lowest BCUT2D eigenvalue weighted by molar-refractivity contribution is 0.0954. The summed E-state index contributed by atoms with van der Waals surface area (Å²) in [6.07, 6.45) is 0.925. The van der Waals surface area contributed by atoms with Crippen LogP contribution in [0.2, 0.25) is 0 Å². The van der Waals surface area contributed by atoms with Gasteiger partial charge >= 0.3 is 0 Å². The number of hydrogen-bond donors (Lipinski definition) is 2. The second kappa shape index (κ2) is 7.97. The molecule has 1 rings (SSSR count). The van der Waals surface area contributed by atoms with Crippen LogP contribution < -0.4 is 10.6 Å². The lowest BCUT2D eigenvalue weighted by Crippen LogP contribution is -2.25. The molecule has 5 heteroatoms. The Hall–Kier alpha value is -1.23. The molecule has 1 amide bonds. The molecule has 0 saturated heterocycles. The van der Waals surface area contributed by atoms with Crippen molar-refractivity contribution >= 4 is 23.4 Å². The van der Waals surface area contributed by atoms with E-state index in [9.17, 15) is 9.18 Å². The van der Waals surface area contributed by atoms with Crippen LogP contribution in [0.5, 0.6) is 0 Å². The third-order valence-electron chi connectivity index (χ3n) is 2.46. The Morgan fingerprint density at radius 2 is 2.22 bits per heavy atom. The number of halogens is 1. The van der Waals surface area contributed by atoms with Crippen molar-refractivity contribution in [2.24, 2.45) is 0 Å². The van der Waals surface area contributed by atoms with Crippen LogP contribution in [0.3, 0.4) is 0 Å². The van der Waals surface area contributed by atoms with E-state index >= 15 is 0 Å². The van der Waals surface area contributed by atoms with Crippen LogP contribution >= 0.6 is 11.8 Å². The van der Waals surface area contributed by atoms with Gasteiger partial charge in [0.1, 0.15) is 5.82 Å². The topological polar surface area (TPSA) is 41.1 Å². The van der Waals surface area contributed by atoms with Crippen molar-refractivity contribution in [3.8, 4) is 0 Å². The molecule has 0 radical (unpaired) electrons. The molecule has 0 unspecified atom stereocenters. The molecule has 0 saturated carbocycles. The fraction of sp³-hybridized carbons (Fsp3) is 0.462. The van der Waals surface area contributed by atoms with Crippen molar-refractivity contribution in [2.45, 2.75) is 13.3 Å². The molecule has 18 heavy (non-hydrogen) atoms. The number of carbonyl (C=O) groups excluding carboxylic acids is 1. The quantitative estimate of drug-likeness (QED) is 0.749. The zero-order chi connectivity index (χ0) is 13.4. The Labute approximate surface area is 112 Å². The maximum Gasteiger partial charge on any atom is 0.253 e. The van der Waals surface area contributed by atoms with Gasteiger partial charge in [-0.25, -0.2) is 4.39 Å². The highest BCUT2D eigenvalue weighted by Crippen LogP contribution is 2.18. The number of rotatable bonds is 7. The second-order valence-electron chi connectivity index (χ2n) is 3.72. The van der Waals surface area contributed by atoms with Crippen LogP contribution in [-0.4, -0.2) is 31.0 Å². The average Bonchev–Trinajstić information content (AvgIpc) is 2.38. The molecule has 0 aliphatic heterocycles. The summed E-state index contributed by atoms with van der Waals surface area (Å²) in [5.74, 6) is 1.47. The molecule has 0 bridgehead atoms. The molecule has 0 spiro atoms. The number of thioether (sulfide) groups is 1. The first-order valence-corrected chi connectivity index (χ1v) is 7.18.